The molecule has 0 bridgehead atoms. The van der Waals surface area contributed by atoms with Gasteiger partial charge >= 0.3 is 0 Å². The van der Waals surface area contributed by atoms with Crippen molar-refractivity contribution in [3.05, 3.63) is 22.4 Å². The van der Waals surface area contributed by atoms with E-state index in [-0.39, 0.29) is 18.1 Å². The normalized spacial score (nSPS) is 23.9. The second-order valence-electron chi connectivity index (χ2n) is 4.60. The molecule has 0 radical (unpaired) electrons. The van der Waals surface area contributed by atoms with Crippen LogP contribution in [-0.2, 0) is 16.0 Å². The van der Waals surface area contributed by atoms with Gasteiger partial charge in [0.05, 0.1) is 12.7 Å². The third-order valence-corrected chi connectivity index (χ3v) is 4.17. The smallest absolute Gasteiger partial charge is 0.242 e. The molecule has 0 unspecified atom stereocenters. The van der Waals surface area contributed by atoms with Gasteiger partial charge in [-0.1, -0.05) is 6.07 Å². The van der Waals surface area contributed by atoms with Gasteiger partial charge in [0.15, 0.2) is 0 Å². The summed E-state index contributed by atoms with van der Waals surface area (Å²) < 4.78 is 5.50. The molecule has 0 spiro atoms. The summed E-state index contributed by atoms with van der Waals surface area (Å²) >= 11 is 1.73. The second kappa shape index (κ2) is 6.31. The predicted octanol–water partition coefficient (Wildman–Crippen LogP) is 1.13. The summed E-state index contributed by atoms with van der Waals surface area (Å²) in [6.07, 6.45) is 0.873. The Kier molecular flexibility index (Phi) is 4.74. The Morgan fingerprint density at radius 2 is 2.50 bits per heavy atom. The molecule has 1 saturated heterocycles. The largest absolute Gasteiger partial charge is 0.375 e. The summed E-state index contributed by atoms with van der Waals surface area (Å²) in [4.78, 5) is 15.4. The number of carbonyl (C=O) groups is 1. The molecule has 0 aromatic carbocycles. The Hall–Kier alpha value is -0.910. The zero-order valence-corrected chi connectivity index (χ0v) is 11.7. The number of amides is 1. The lowest BCUT2D eigenvalue weighted by Crippen LogP contribution is -2.55. The minimum absolute atomic E-state index is 0.0459. The van der Waals surface area contributed by atoms with Crippen molar-refractivity contribution in [1.82, 2.24) is 10.2 Å². The molecule has 1 amide bonds. The highest BCUT2D eigenvalue weighted by molar-refractivity contribution is 7.09. The van der Waals surface area contributed by atoms with Crippen molar-refractivity contribution >= 4 is 17.2 Å². The van der Waals surface area contributed by atoms with E-state index in [1.165, 1.54) is 4.88 Å². The van der Waals surface area contributed by atoms with Crippen molar-refractivity contribution in [2.45, 2.75) is 25.5 Å². The first kappa shape index (κ1) is 13.5. The molecule has 18 heavy (non-hydrogen) atoms. The molecular weight excluding hydrogens is 248 g/mol. The zero-order valence-electron chi connectivity index (χ0n) is 10.9. The van der Waals surface area contributed by atoms with Gasteiger partial charge < -0.3 is 15.0 Å². The van der Waals surface area contributed by atoms with Crippen LogP contribution in [0.25, 0.3) is 0 Å². The number of thiophene rings is 1. The van der Waals surface area contributed by atoms with E-state index < -0.39 is 0 Å². The zero-order chi connectivity index (χ0) is 13.0. The molecule has 2 atom stereocenters. The van der Waals surface area contributed by atoms with E-state index >= 15 is 0 Å². The molecule has 100 valence electrons. The molecule has 5 heteroatoms. The van der Waals surface area contributed by atoms with E-state index in [0.717, 1.165) is 19.5 Å². The number of hydrogen-bond acceptors (Lipinski definition) is 4. The van der Waals surface area contributed by atoms with Gasteiger partial charge in [-0.25, -0.2) is 0 Å². The van der Waals surface area contributed by atoms with Crippen LogP contribution in [0.1, 0.15) is 11.8 Å². The molecule has 2 heterocycles. The minimum atomic E-state index is -0.202. The minimum Gasteiger partial charge on any atom is -0.375 e. The molecule has 0 saturated carbocycles. The quantitative estimate of drug-likeness (QED) is 0.890. The van der Waals surface area contributed by atoms with Crippen LogP contribution in [0.4, 0.5) is 0 Å². The van der Waals surface area contributed by atoms with E-state index in [1.54, 1.807) is 16.2 Å². The summed E-state index contributed by atoms with van der Waals surface area (Å²) in [7, 11) is 1.86. The second-order valence-corrected chi connectivity index (χ2v) is 5.63. The van der Waals surface area contributed by atoms with E-state index in [0.29, 0.717) is 6.61 Å². The van der Waals surface area contributed by atoms with Crippen molar-refractivity contribution in [3.63, 3.8) is 0 Å². The highest BCUT2D eigenvalue weighted by Crippen LogP contribution is 2.11. The fourth-order valence-corrected chi connectivity index (χ4v) is 2.79. The van der Waals surface area contributed by atoms with Crippen LogP contribution in [-0.4, -0.2) is 49.7 Å². The third kappa shape index (κ3) is 3.31. The Morgan fingerprint density at radius 3 is 3.17 bits per heavy atom. The molecule has 1 aromatic heterocycles. The maximum Gasteiger partial charge on any atom is 0.242 e. The lowest BCUT2D eigenvalue weighted by Gasteiger charge is -2.32. The summed E-state index contributed by atoms with van der Waals surface area (Å²) in [5.41, 5.74) is 0. The van der Waals surface area contributed by atoms with Gasteiger partial charge in [-0.05, 0) is 24.8 Å². The van der Waals surface area contributed by atoms with E-state index in [9.17, 15) is 4.79 Å². The van der Waals surface area contributed by atoms with Crippen molar-refractivity contribution in [1.29, 1.82) is 0 Å². The average molecular weight is 268 g/mol. The molecule has 1 aromatic rings. The Labute approximate surface area is 112 Å². The van der Waals surface area contributed by atoms with Gasteiger partial charge in [0.25, 0.3) is 0 Å². The predicted molar refractivity (Wildman–Crippen MR) is 72.9 cm³/mol. The molecule has 1 aliphatic heterocycles. The fourth-order valence-electron chi connectivity index (χ4n) is 2.09. The maximum atomic E-state index is 12.3. The van der Waals surface area contributed by atoms with Crippen LogP contribution in [0.15, 0.2) is 17.5 Å². The lowest BCUT2D eigenvalue weighted by atomic mass is 10.1. The number of nitrogens with one attached hydrogen (secondary N) is 1. The number of hydrogen-bond donors (Lipinski definition) is 1. The summed E-state index contributed by atoms with van der Waals surface area (Å²) in [5, 5.41) is 5.29. The van der Waals surface area contributed by atoms with Crippen LogP contribution < -0.4 is 5.32 Å². The SMILES string of the molecule is C[C@H]1OCCN[C@@H]1C(=O)N(C)CCc1cccs1. The van der Waals surface area contributed by atoms with Crippen molar-refractivity contribution in [3.8, 4) is 0 Å². The van der Waals surface area contributed by atoms with Crippen LogP contribution in [0, 0.1) is 0 Å². The van der Waals surface area contributed by atoms with Crippen LogP contribution in [0.2, 0.25) is 0 Å². The van der Waals surface area contributed by atoms with Gasteiger partial charge in [0, 0.05) is 25.0 Å². The average Bonchev–Trinajstić information content (AvgIpc) is 2.89. The van der Waals surface area contributed by atoms with Gasteiger partial charge in [-0.3, -0.25) is 4.79 Å². The molecule has 1 N–H and O–H groups in total. The van der Waals surface area contributed by atoms with E-state index in [4.69, 9.17) is 4.74 Å². The molecule has 4 nitrogen and oxygen atoms in total. The van der Waals surface area contributed by atoms with Gasteiger partial charge in [-0.15, -0.1) is 11.3 Å². The molecule has 1 fully saturated rings. The number of ether oxygens (including phenoxy) is 1. The lowest BCUT2D eigenvalue weighted by molar-refractivity contribution is -0.138. The highest BCUT2D eigenvalue weighted by atomic mass is 32.1. The highest BCUT2D eigenvalue weighted by Gasteiger charge is 2.30. The summed E-state index contributed by atoms with van der Waals surface area (Å²) in [5.74, 6) is 0.124. The third-order valence-electron chi connectivity index (χ3n) is 3.23. The fraction of sp³-hybridized carbons (Fsp3) is 0.615. The molecule has 1 aliphatic rings. The number of rotatable bonds is 4. The van der Waals surface area contributed by atoms with E-state index in [1.807, 2.05) is 20.0 Å². The van der Waals surface area contributed by atoms with Gasteiger partial charge in [0.1, 0.15) is 6.04 Å². The van der Waals surface area contributed by atoms with Crippen LogP contribution >= 0.6 is 11.3 Å². The van der Waals surface area contributed by atoms with Gasteiger partial charge in [0.2, 0.25) is 5.91 Å². The van der Waals surface area contributed by atoms with Crippen LogP contribution in [0.3, 0.4) is 0 Å². The Bertz CT molecular complexity index is 380. The van der Waals surface area contributed by atoms with Crippen molar-refractivity contribution in [2.24, 2.45) is 0 Å². The van der Waals surface area contributed by atoms with Gasteiger partial charge in [-0.2, -0.15) is 0 Å². The Morgan fingerprint density at radius 1 is 1.67 bits per heavy atom. The standard InChI is InChI=1S/C13H20N2O2S/c1-10-12(14-6-8-17-10)13(16)15(2)7-5-11-4-3-9-18-11/h3-4,9-10,12,14H,5-8H2,1-2H3/t10-,12+/m1/s1. The topological polar surface area (TPSA) is 41.6 Å². The number of carbonyl (C=O) groups excluding carboxylic acids is 1. The number of likely N-dealkylation sites (N-methyl/N-ethyl adjacent to an activating group) is 1. The molecular formula is C13H20N2O2S. The summed E-state index contributed by atoms with van der Waals surface area (Å²) in [6, 6.07) is 3.95. The molecule has 0 aliphatic carbocycles. The Balaban J connectivity index is 1.84. The van der Waals surface area contributed by atoms with E-state index in [2.05, 4.69) is 16.8 Å². The first-order chi connectivity index (χ1) is 8.68. The number of morpholine rings is 1. The van der Waals surface area contributed by atoms with Crippen molar-refractivity contribution in [2.75, 3.05) is 26.7 Å². The monoisotopic (exact) mass is 268 g/mol. The van der Waals surface area contributed by atoms with Crippen LogP contribution in [0.5, 0.6) is 0 Å². The maximum absolute atomic E-state index is 12.3. The molecule has 2 rings (SSSR count). The first-order valence-corrected chi connectivity index (χ1v) is 7.19. The van der Waals surface area contributed by atoms with Crippen molar-refractivity contribution < 1.29 is 9.53 Å². The first-order valence-electron chi connectivity index (χ1n) is 6.31. The number of nitrogens with zero attached hydrogens (tertiary/aromatic N) is 1. The summed E-state index contributed by atoms with van der Waals surface area (Å²) in [6.45, 7) is 4.13.